The summed E-state index contributed by atoms with van der Waals surface area (Å²) in [7, 11) is 1.33. The lowest BCUT2D eigenvalue weighted by Crippen LogP contribution is -2.27. The Hall–Kier alpha value is -1.96. The molecule has 0 fully saturated rings. The number of rotatable bonds is 4. The molecule has 8 heteroatoms. The first-order valence-corrected chi connectivity index (χ1v) is 6.26. The molecule has 0 bridgehead atoms. The molecule has 1 amide bonds. The fraction of sp³-hybridized carbons (Fsp3) is 0.455. The van der Waals surface area contributed by atoms with Crippen LogP contribution in [0.5, 0.6) is 0 Å². The maximum atomic E-state index is 11.5. The summed E-state index contributed by atoms with van der Waals surface area (Å²) in [4.78, 5) is 30.8. The Morgan fingerprint density at radius 1 is 1.53 bits per heavy atom. The smallest absolute Gasteiger partial charge is 0.413 e. The summed E-state index contributed by atoms with van der Waals surface area (Å²) < 4.78 is 5.08. The Kier molecular flexibility index (Phi) is 4.99. The lowest BCUT2D eigenvalue weighted by Gasteiger charge is -2.18. The SMILES string of the molecule is CON=C(C=O)c1csc(NC(=O)OC(C)(C)C)n1. The van der Waals surface area contributed by atoms with Crippen molar-refractivity contribution >= 4 is 34.6 Å². The Morgan fingerprint density at radius 2 is 2.21 bits per heavy atom. The molecule has 0 atom stereocenters. The van der Waals surface area contributed by atoms with Crippen molar-refractivity contribution in [2.45, 2.75) is 26.4 Å². The van der Waals surface area contributed by atoms with Gasteiger partial charge in [0.2, 0.25) is 0 Å². The molecule has 1 rings (SSSR count). The molecule has 0 spiro atoms. The van der Waals surface area contributed by atoms with Gasteiger partial charge in [-0.3, -0.25) is 10.1 Å². The van der Waals surface area contributed by atoms with E-state index in [1.807, 2.05) is 0 Å². The number of aldehydes is 1. The van der Waals surface area contributed by atoms with Crippen molar-refractivity contribution < 1.29 is 19.2 Å². The van der Waals surface area contributed by atoms with Crippen LogP contribution in [-0.4, -0.2) is 35.8 Å². The van der Waals surface area contributed by atoms with Gasteiger partial charge >= 0.3 is 6.09 Å². The predicted octanol–water partition coefficient (Wildman–Crippen LogP) is 2.04. The van der Waals surface area contributed by atoms with E-state index in [-0.39, 0.29) is 5.71 Å². The number of thiazole rings is 1. The van der Waals surface area contributed by atoms with Gasteiger partial charge in [0.1, 0.15) is 18.4 Å². The summed E-state index contributed by atoms with van der Waals surface area (Å²) in [5.41, 5.74) is -0.209. The van der Waals surface area contributed by atoms with Gasteiger partial charge in [-0.2, -0.15) is 0 Å². The van der Waals surface area contributed by atoms with Gasteiger partial charge in [-0.05, 0) is 20.8 Å². The monoisotopic (exact) mass is 285 g/mol. The minimum absolute atomic E-state index is 0.0518. The van der Waals surface area contributed by atoms with Gasteiger partial charge in [-0.25, -0.2) is 9.78 Å². The predicted molar refractivity (Wildman–Crippen MR) is 71.6 cm³/mol. The lowest BCUT2D eigenvalue weighted by molar-refractivity contribution is -0.102. The highest BCUT2D eigenvalue weighted by molar-refractivity contribution is 7.14. The second-order valence-electron chi connectivity index (χ2n) is 4.44. The van der Waals surface area contributed by atoms with Gasteiger partial charge in [-0.15, -0.1) is 11.3 Å². The number of carbonyl (C=O) groups excluding carboxylic acids is 2. The van der Waals surface area contributed by atoms with Crippen molar-refractivity contribution in [1.82, 2.24) is 4.98 Å². The molecule has 0 saturated heterocycles. The molecule has 0 unspecified atom stereocenters. The van der Waals surface area contributed by atoms with E-state index in [0.717, 1.165) is 11.3 Å². The molecule has 19 heavy (non-hydrogen) atoms. The van der Waals surface area contributed by atoms with Crippen molar-refractivity contribution in [2.24, 2.45) is 5.16 Å². The zero-order chi connectivity index (χ0) is 14.5. The molecule has 0 aliphatic carbocycles. The molecule has 7 nitrogen and oxygen atoms in total. The summed E-state index contributed by atoms with van der Waals surface area (Å²) in [6.45, 7) is 5.28. The largest absolute Gasteiger partial charge is 0.444 e. The first-order chi connectivity index (χ1) is 8.85. The number of nitrogens with one attached hydrogen (secondary N) is 1. The topological polar surface area (TPSA) is 89.9 Å². The van der Waals surface area contributed by atoms with Crippen molar-refractivity contribution in [3.05, 3.63) is 11.1 Å². The Balaban J connectivity index is 2.73. The van der Waals surface area contributed by atoms with Gasteiger partial charge < -0.3 is 9.57 Å². The highest BCUT2D eigenvalue weighted by atomic mass is 32.1. The van der Waals surface area contributed by atoms with Crippen LogP contribution in [-0.2, 0) is 14.4 Å². The number of aromatic nitrogens is 1. The summed E-state index contributed by atoms with van der Waals surface area (Å²) in [5, 5.41) is 7.89. The molecule has 1 N–H and O–H groups in total. The molecule has 1 aromatic rings. The van der Waals surface area contributed by atoms with E-state index in [1.165, 1.54) is 7.11 Å². The van der Waals surface area contributed by atoms with Crippen molar-refractivity contribution in [3.8, 4) is 0 Å². The first-order valence-electron chi connectivity index (χ1n) is 5.38. The van der Waals surface area contributed by atoms with Crippen LogP contribution in [0.4, 0.5) is 9.93 Å². The Bertz CT molecular complexity index is 490. The zero-order valence-electron chi connectivity index (χ0n) is 11.1. The van der Waals surface area contributed by atoms with Crippen molar-refractivity contribution in [3.63, 3.8) is 0 Å². The standard InChI is InChI=1S/C11H15N3O4S/c1-11(2,3)18-10(16)13-9-12-8(6-19-9)7(5-15)14-17-4/h5-6H,1-4H3,(H,12,13,16). The molecule has 0 aliphatic rings. The van der Waals surface area contributed by atoms with Crippen LogP contribution in [0.1, 0.15) is 26.5 Å². The highest BCUT2D eigenvalue weighted by Gasteiger charge is 2.17. The van der Waals surface area contributed by atoms with Crippen LogP contribution in [0.3, 0.4) is 0 Å². The second-order valence-corrected chi connectivity index (χ2v) is 5.30. The lowest BCUT2D eigenvalue weighted by atomic mass is 10.2. The highest BCUT2D eigenvalue weighted by Crippen LogP contribution is 2.17. The van der Waals surface area contributed by atoms with Crippen LogP contribution in [0, 0.1) is 0 Å². The van der Waals surface area contributed by atoms with Crippen molar-refractivity contribution in [2.75, 3.05) is 12.4 Å². The number of hydrogen-bond donors (Lipinski definition) is 1. The van der Waals surface area contributed by atoms with E-state index in [0.29, 0.717) is 17.1 Å². The summed E-state index contributed by atoms with van der Waals surface area (Å²) in [6.07, 6.45) is -0.0831. The molecule has 0 aromatic carbocycles. The normalized spacial score (nSPS) is 11.9. The minimum atomic E-state index is -0.607. The van der Waals surface area contributed by atoms with Gasteiger partial charge in [0.15, 0.2) is 17.1 Å². The van der Waals surface area contributed by atoms with Gasteiger partial charge in [-0.1, -0.05) is 5.16 Å². The summed E-state index contributed by atoms with van der Waals surface area (Å²) in [5.74, 6) is 0. The number of oxime groups is 1. The number of hydrogen-bond acceptors (Lipinski definition) is 7. The molecule has 1 heterocycles. The fourth-order valence-electron chi connectivity index (χ4n) is 1.07. The summed E-state index contributed by atoms with van der Waals surface area (Å²) in [6, 6.07) is 0. The van der Waals surface area contributed by atoms with Gasteiger partial charge in [0.25, 0.3) is 0 Å². The molecular weight excluding hydrogens is 270 g/mol. The van der Waals surface area contributed by atoms with Gasteiger partial charge in [0.05, 0.1) is 0 Å². The maximum absolute atomic E-state index is 11.5. The van der Waals surface area contributed by atoms with Crippen molar-refractivity contribution in [1.29, 1.82) is 0 Å². The first kappa shape index (κ1) is 15.1. The Labute approximate surface area is 114 Å². The third-order valence-electron chi connectivity index (χ3n) is 1.68. The van der Waals surface area contributed by atoms with E-state index >= 15 is 0 Å². The Morgan fingerprint density at radius 3 is 2.74 bits per heavy atom. The zero-order valence-corrected chi connectivity index (χ0v) is 11.9. The minimum Gasteiger partial charge on any atom is -0.444 e. The fourth-order valence-corrected chi connectivity index (χ4v) is 1.76. The van der Waals surface area contributed by atoms with E-state index in [1.54, 1.807) is 26.2 Å². The molecule has 0 aliphatic heterocycles. The summed E-state index contributed by atoms with van der Waals surface area (Å²) >= 11 is 1.16. The number of carbonyl (C=O) groups is 2. The van der Waals surface area contributed by atoms with Crippen LogP contribution in [0.25, 0.3) is 0 Å². The third-order valence-corrected chi connectivity index (χ3v) is 2.43. The number of nitrogens with zero attached hydrogens (tertiary/aromatic N) is 2. The van der Waals surface area contributed by atoms with E-state index in [2.05, 4.69) is 20.3 Å². The number of anilines is 1. The molecule has 0 radical (unpaired) electrons. The quantitative estimate of drug-likeness (QED) is 0.519. The number of ether oxygens (including phenoxy) is 1. The van der Waals surface area contributed by atoms with Gasteiger partial charge in [0, 0.05) is 5.38 Å². The van der Waals surface area contributed by atoms with Crippen LogP contribution >= 0.6 is 11.3 Å². The van der Waals surface area contributed by atoms with Crippen LogP contribution in [0.2, 0.25) is 0 Å². The van der Waals surface area contributed by atoms with E-state index < -0.39 is 11.7 Å². The maximum Gasteiger partial charge on any atom is 0.413 e. The molecule has 1 aromatic heterocycles. The third kappa shape index (κ3) is 5.04. The van der Waals surface area contributed by atoms with Crippen LogP contribution < -0.4 is 5.32 Å². The molecular formula is C11H15N3O4S. The van der Waals surface area contributed by atoms with E-state index in [9.17, 15) is 9.59 Å². The van der Waals surface area contributed by atoms with E-state index in [4.69, 9.17) is 4.74 Å². The van der Waals surface area contributed by atoms with Crippen LogP contribution in [0.15, 0.2) is 10.5 Å². The molecule has 104 valence electrons. The molecule has 0 saturated carbocycles. The average Bonchev–Trinajstić information content (AvgIpc) is 2.71. The second kappa shape index (κ2) is 6.28. The average molecular weight is 285 g/mol. The number of amides is 1.